The Morgan fingerprint density at radius 2 is 2.27 bits per heavy atom. The molecule has 2 aromatic rings. The van der Waals surface area contributed by atoms with Gasteiger partial charge in [-0.2, -0.15) is 0 Å². The maximum atomic E-state index is 5.91. The van der Waals surface area contributed by atoms with Crippen LogP contribution in [-0.4, -0.2) is 9.55 Å². The molecule has 0 aliphatic heterocycles. The van der Waals surface area contributed by atoms with Gasteiger partial charge in [-0.05, 0) is 38.2 Å². The van der Waals surface area contributed by atoms with Crippen LogP contribution in [0.2, 0.25) is 4.34 Å². The number of H-pyrrole nitrogens is 1. The average Bonchev–Trinajstić information content (AvgIpc) is 2.71. The van der Waals surface area contributed by atoms with Crippen LogP contribution in [0.4, 0.5) is 0 Å². The highest BCUT2D eigenvalue weighted by atomic mass is 35.5. The maximum Gasteiger partial charge on any atom is 0.177 e. The second-order valence-electron chi connectivity index (χ2n) is 3.47. The van der Waals surface area contributed by atoms with Crippen molar-refractivity contribution in [1.29, 1.82) is 0 Å². The van der Waals surface area contributed by atoms with Crippen molar-refractivity contribution in [3.63, 3.8) is 0 Å². The second-order valence-corrected chi connectivity index (χ2v) is 5.60. The summed E-state index contributed by atoms with van der Waals surface area (Å²) >= 11 is 12.7. The van der Waals surface area contributed by atoms with Gasteiger partial charge in [-0.15, -0.1) is 11.3 Å². The van der Waals surface area contributed by atoms with Crippen molar-refractivity contribution in [3.05, 3.63) is 38.0 Å². The van der Waals surface area contributed by atoms with E-state index >= 15 is 0 Å². The number of nitrogens with one attached hydrogen (secondary N) is 1. The highest BCUT2D eigenvalue weighted by Crippen LogP contribution is 2.29. The summed E-state index contributed by atoms with van der Waals surface area (Å²) in [6.45, 7) is 4.12. The van der Waals surface area contributed by atoms with E-state index in [1.807, 2.05) is 29.8 Å². The molecule has 0 spiro atoms. The molecule has 15 heavy (non-hydrogen) atoms. The predicted octanol–water partition coefficient (Wildman–Crippen LogP) is 4.18. The number of nitrogens with zero attached hydrogens (tertiary/aromatic N) is 1. The average molecular weight is 259 g/mol. The van der Waals surface area contributed by atoms with Gasteiger partial charge in [0.05, 0.1) is 10.4 Å². The summed E-state index contributed by atoms with van der Waals surface area (Å²) in [4.78, 5) is 4.33. The third-order valence-corrected chi connectivity index (χ3v) is 4.01. The summed E-state index contributed by atoms with van der Waals surface area (Å²) in [6, 6.07) is 4.20. The van der Waals surface area contributed by atoms with Crippen LogP contribution in [-0.2, 0) is 0 Å². The smallest absolute Gasteiger partial charge is 0.177 e. The van der Waals surface area contributed by atoms with Crippen LogP contribution >= 0.6 is 35.2 Å². The summed E-state index contributed by atoms with van der Waals surface area (Å²) in [7, 11) is 0. The number of rotatable bonds is 2. The molecule has 0 fully saturated rings. The van der Waals surface area contributed by atoms with Gasteiger partial charge in [0.2, 0.25) is 0 Å². The zero-order chi connectivity index (χ0) is 11.0. The Balaban J connectivity index is 2.40. The minimum atomic E-state index is 0.236. The van der Waals surface area contributed by atoms with Crippen molar-refractivity contribution in [2.75, 3.05) is 0 Å². The van der Waals surface area contributed by atoms with E-state index in [4.69, 9.17) is 23.8 Å². The molecule has 0 aromatic carbocycles. The fourth-order valence-corrected chi connectivity index (χ4v) is 2.99. The lowest BCUT2D eigenvalue weighted by molar-refractivity contribution is 0.640. The van der Waals surface area contributed by atoms with E-state index < -0.39 is 0 Å². The van der Waals surface area contributed by atoms with E-state index in [9.17, 15) is 0 Å². The summed E-state index contributed by atoms with van der Waals surface area (Å²) in [5.41, 5.74) is 1.08. The van der Waals surface area contributed by atoms with E-state index in [1.54, 1.807) is 11.3 Å². The van der Waals surface area contributed by atoms with Crippen LogP contribution in [0.5, 0.6) is 0 Å². The molecule has 5 heteroatoms. The molecule has 0 saturated heterocycles. The van der Waals surface area contributed by atoms with Crippen LogP contribution in [0.3, 0.4) is 0 Å². The Morgan fingerprint density at radius 3 is 2.73 bits per heavy atom. The van der Waals surface area contributed by atoms with Gasteiger partial charge in [-0.3, -0.25) is 0 Å². The molecule has 0 bridgehead atoms. The van der Waals surface area contributed by atoms with E-state index in [1.165, 1.54) is 4.88 Å². The summed E-state index contributed by atoms with van der Waals surface area (Å²) in [5, 5.41) is 0. The molecule has 1 unspecified atom stereocenters. The van der Waals surface area contributed by atoms with Gasteiger partial charge in [0.25, 0.3) is 0 Å². The van der Waals surface area contributed by atoms with Crippen molar-refractivity contribution < 1.29 is 0 Å². The second kappa shape index (κ2) is 4.12. The molecule has 2 nitrogen and oxygen atoms in total. The third kappa shape index (κ3) is 2.17. The minimum absolute atomic E-state index is 0.236. The lowest BCUT2D eigenvalue weighted by Gasteiger charge is -2.10. The first kappa shape index (κ1) is 10.9. The highest BCUT2D eigenvalue weighted by molar-refractivity contribution is 7.71. The summed E-state index contributed by atoms with van der Waals surface area (Å²) in [6.07, 6.45) is 2.03. The van der Waals surface area contributed by atoms with Crippen molar-refractivity contribution in [1.82, 2.24) is 9.55 Å². The number of thiophene rings is 1. The van der Waals surface area contributed by atoms with Crippen molar-refractivity contribution in [3.8, 4) is 0 Å². The number of aromatic amines is 1. The number of aryl methyl sites for hydroxylation is 1. The maximum absolute atomic E-state index is 5.91. The Kier molecular flexibility index (Phi) is 3.00. The quantitative estimate of drug-likeness (QED) is 0.802. The van der Waals surface area contributed by atoms with Crippen LogP contribution in [0.1, 0.15) is 23.5 Å². The lowest BCUT2D eigenvalue weighted by atomic mass is 10.3. The van der Waals surface area contributed by atoms with Crippen molar-refractivity contribution in [2.45, 2.75) is 19.9 Å². The highest BCUT2D eigenvalue weighted by Gasteiger charge is 2.11. The van der Waals surface area contributed by atoms with Crippen LogP contribution in [0.25, 0.3) is 0 Å². The van der Waals surface area contributed by atoms with E-state index in [2.05, 4.69) is 11.9 Å². The predicted molar refractivity (Wildman–Crippen MR) is 67.5 cm³/mol. The van der Waals surface area contributed by atoms with Crippen LogP contribution in [0.15, 0.2) is 18.3 Å². The topological polar surface area (TPSA) is 20.7 Å². The lowest BCUT2D eigenvalue weighted by Crippen LogP contribution is -2.03. The molecule has 1 atom stereocenters. The van der Waals surface area contributed by atoms with Gasteiger partial charge in [-0.25, -0.2) is 0 Å². The molecule has 0 aliphatic carbocycles. The van der Waals surface area contributed by atoms with E-state index in [-0.39, 0.29) is 6.04 Å². The Bertz CT molecular complexity index is 524. The fourth-order valence-electron chi connectivity index (χ4n) is 1.51. The number of imidazole rings is 1. The summed E-state index contributed by atoms with van der Waals surface area (Å²) < 4.78 is 3.62. The molecular formula is C10H11ClN2S2. The molecule has 2 heterocycles. The molecule has 0 amide bonds. The molecule has 1 N–H and O–H groups in total. The van der Waals surface area contributed by atoms with Crippen LogP contribution in [0, 0.1) is 11.7 Å². The zero-order valence-electron chi connectivity index (χ0n) is 8.45. The Morgan fingerprint density at radius 1 is 1.53 bits per heavy atom. The first-order valence-corrected chi connectivity index (χ1v) is 6.21. The third-order valence-electron chi connectivity index (χ3n) is 2.29. The van der Waals surface area contributed by atoms with Crippen LogP contribution < -0.4 is 0 Å². The standard InChI is InChI=1S/C10H11ClN2S2/c1-6-5-13(10(14)12-6)7(2)8-3-4-9(11)15-8/h3-5,7H,1-2H3,(H,12,14). The number of halogens is 1. The van der Waals surface area contributed by atoms with Gasteiger partial charge in [-0.1, -0.05) is 11.6 Å². The molecule has 0 saturated carbocycles. The molecule has 0 radical (unpaired) electrons. The molecule has 80 valence electrons. The fraction of sp³-hybridized carbons (Fsp3) is 0.300. The molecule has 0 aliphatic rings. The van der Waals surface area contributed by atoms with Gasteiger partial charge >= 0.3 is 0 Å². The Hall–Kier alpha value is -0.580. The Labute approximate surface area is 103 Å². The van der Waals surface area contributed by atoms with Gasteiger partial charge in [0.1, 0.15) is 0 Å². The zero-order valence-corrected chi connectivity index (χ0v) is 10.8. The van der Waals surface area contributed by atoms with E-state index in [0.717, 1.165) is 14.8 Å². The first-order chi connectivity index (χ1) is 7.08. The van der Waals surface area contributed by atoms with Gasteiger partial charge in [0.15, 0.2) is 4.77 Å². The largest absolute Gasteiger partial charge is 0.335 e. The number of hydrogen-bond donors (Lipinski definition) is 1. The minimum Gasteiger partial charge on any atom is -0.335 e. The normalized spacial score (nSPS) is 13.0. The monoisotopic (exact) mass is 258 g/mol. The molecule has 2 aromatic heterocycles. The molecular weight excluding hydrogens is 248 g/mol. The van der Waals surface area contributed by atoms with Crippen molar-refractivity contribution in [2.24, 2.45) is 0 Å². The number of aromatic nitrogens is 2. The first-order valence-electron chi connectivity index (χ1n) is 4.61. The SMILES string of the molecule is Cc1cn(C(C)c2ccc(Cl)s2)c(=S)[nH]1. The van der Waals surface area contributed by atoms with Gasteiger partial charge in [0, 0.05) is 16.8 Å². The van der Waals surface area contributed by atoms with E-state index in [0.29, 0.717) is 0 Å². The molecule has 2 rings (SSSR count). The van der Waals surface area contributed by atoms with Gasteiger partial charge < -0.3 is 9.55 Å². The summed E-state index contributed by atoms with van der Waals surface area (Å²) in [5.74, 6) is 0. The number of hydrogen-bond acceptors (Lipinski definition) is 2. The van der Waals surface area contributed by atoms with Crippen molar-refractivity contribution >= 4 is 35.2 Å².